The van der Waals surface area contributed by atoms with E-state index in [0.717, 1.165) is 5.56 Å². The van der Waals surface area contributed by atoms with Crippen molar-refractivity contribution in [2.75, 3.05) is 0 Å². The summed E-state index contributed by atoms with van der Waals surface area (Å²) in [6.07, 6.45) is 0. The lowest BCUT2D eigenvalue weighted by Gasteiger charge is -1.93. The zero-order valence-electron chi connectivity index (χ0n) is 8.31. The molecule has 0 aliphatic carbocycles. The molecular formula is C9H8ClNO3S2. The average molecular weight is 278 g/mol. The van der Waals surface area contributed by atoms with Crippen LogP contribution in [0.25, 0.3) is 11.3 Å². The third-order valence-corrected chi connectivity index (χ3v) is 3.74. The zero-order valence-corrected chi connectivity index (χ0v) is 10.7. The first-order valence-electron chi connectivity index (χ1n) is 4.37. The molecule has 0 saturated carbocycles. The van der Waals surface area contributed by atoms with Gasteiger partial charge in [0.1, 0.15) is 11.4 Å². The molecule has 16 heavy (non-hydrogen) atoms. The third-order valence-electron chi connectivity index (χ3n) is 2.11. The van der Waals surface area contributed by atoms with Crippen LogP contribution < -0.4 is 0 Å². The van der Waals surface area contributed by atoms with Crippen molar-refractivity contribution in [2.45, 2.75) is 12.7 Å². The number of hydrogen-bond donors (Lipinski definition) is 0. The van der Waals surface area contributed by atoms with Crippen molar-refractivity contribution in [1.82, 2.24) is 5.16 Å². The second-order valence-corrected chi connectivity index (χ2v) is 6.84. The maximum atomic E-state index is 10.9. The lowest BCUT2D eigenvalue weighted by atomic mass is 10.1. The van der Waals surface area contributed by atoms with Gasteiger partial charge in [-0.3, -0.25) is 0 Å². The Hall–Kier alpha value is -0.850. The summed E-state index contributed by atoms with van der Waals surface area (Å²) in [7, 11) is 1.56. The number of aromatic nitrogens is 1. The Morgan fingerprint density at radius 3 is 2.88 bits per heavy atom. The van der Waals surface area contributed by atoms with Gasteiger partial charge in [0, 0.05) is 27.2 Å². The van der Waals surface area contributed by atoms with Gasteiger partial charge in [-0.05, 0) is 18.4 Å². The van der Waals surface area contributed by atoms with Crippen molar-refractivity contribution in [1.29, 1.82) is 0 Å². The van der Waals surface area contributed by atoms with Gasteiger partial charge in [-0.25, -0.2) is 8.42 Å². The molecule has 0 radical (unpaired) electrons. The van der Waals surface area contributed by atoms with Gasteiger partial charge in [-0.1, -0.05) is 5.16 Å². The molecule has 2 rings (SSSR count). The summed E-state index contributed by atoms with van der Waals surface area (Å²) in [5.74, 6) is 0.283. The van der Waals surface area contributed by atoms with Gasteiger partial charge in [0.25, 0.3) is 0 Å². The predicted molar refractivity (Wildman–Crippen MR) is 63.0 cm³/mol. The molecule has 86 valence electrons. The molecule has 7 heteroatoms. The Balaban J connectivity index is 2.39. The summed E-state index contributed by atoms with van der Waals surface area (Å²) in [6, 6.07) is 1.89. The molecule has 2 aromatic rings. The van der Waals surface area contributed by atoms with Crippen LogP contribution in [-0.4, -0.2) is 13.6 Å². The number of thiophene rings is 1. The highest BCUT2D eigenvalue weighted by Gasteiger charge is 2.18. The van der Waals surface area contributed by atoms with E-state index in [9.17, 15) is 8.42 Å². The third kappa shape index (κ3) is 2.45. The molecule has 0 N–H and O–H groups in total. The molecule has 0 spiro atoms. The second-order valence-electron chi connectivity index (χ2n) is 3.28. The molecule has 0 atom stereocenters. The number of rotatable bonds is 3. The van der Waals surface area contributed by atoms with Crippen LogP contribution in [0, 0.1) is 6.92 Å². The van der Waals surface area contributed by atoms with Crippen LogP contribution in [0.1, 0.15) is 11.3 Å². The average Bonchev–Trinajstić information content (AvgIpc) is 2.75. The molecule has 0 aromatic carbocycles. The molecule has 0 amide bonds. The first-order chi connectivity index (χ1) is 7.47. The van der Waals surface area contributed by atoms with Gasteiger partial charge < -0.3 is 4.52 Å². The smallest absolute Gasteiger partial charge is 0.238 e. The summed E-state index contributed by atoms with van der Waals surface area (Å²) in [4.78, 5) is 0. The summed E-state index contributed by atoms with van der Waals surface area (Å²) >= 11 is 1.53. The topological polar surface area (TPSA) is 60.2 Å². The number of nitrogens with zero attached hydrogens (tertiary/aromatic N) is 1. The highest BCUT2D eigenvalue weighted by Crippen LogP contribution is 2.28. The normalized spacial score (nSPS) is 11.9. The molecule has 4 nitrogen and oxygen atoms in total. The van der Waals surface area contributed by atoms with Crippen LogP contribution >= 0.6 is 22.0 Å². The molecule has 2 aromatic heterocycles. The Bertz CT molecular complexity index is 586. The Kier molecular flexibility index (Phi) is 3.05. The molecular weight excluding hydrogens is 270 g/mol. The van der Waals surface area contributed by atoms with Crippen molar-refractivity contribution < 1.29 is 12.9 Å². The molecule has 0 bridgehead atoms. The van der Waals surface area contributed by atoms with Crippen molar-refractivity contribution in [3.05, 3.63) is 28.1 Å². The van der Waals surface area contributed by atoms with Crippen LogP contribution in [-0.2, 0) is 14.8 Å². The predicted octanol–water partition coefficient (Wildman–Crippen LogP) is 2.78. The van der Waals surface area contributed by atoms with Crippen LogP contribution in [0.2, 0.25) is 0 Å². The first kappa shape index (κ1) is 11.6. The highest BCUT2D eigenvalue weighted by atomic mass is 35.7. The van der Waals surface area contributed by atoms with Crippen LogP contribution in [0.4, 0.5) is 0 Å². The van der Waals surface area contributed by atoms with Crippen LogP contribution in [0.3, 0.4) is 0 Å². The van der Waals surface area contributed by atoms with E-state index in [1.54, 1.807) is 6.92 Å². The van der Waals surface area contributed by atoms with Gasteiger partial charge in [0.15, 0.2) is 5.76 Å². The van der Waals surface area contributed by atoms with Crippen molar-refractivity contribution in [3.63, 3.8) is 0 Å². The molecule has 0 unspecified atom stereocenters. The lowest BCUT2D eigenvalue weighted by molar-refractivity contribution is 0.426. The minimum Gasteiger partial charge on any atom is -0.356 e. The fraction of sp³-hybridized carbons (Fsp3) is 0.222. The zero-order chi connectivity index (χ0) is 11.8. The Labute approximate surface area is 101 Å². The maximum absolute atomic E-state index is 10.9. The number of hydrogen-bond acceptors (Lipinski definition) is 5. The summed E-state index contributed by atoms with van der Waals surface area (Å²) in [5.41, 5.74) is 1.96. The molecule has 0 saturated heterocycles. The first-order valence-corrected chi connectivity index (χ1v) is 7.79. The van der Waals surface area contributed by atoms with Crippen molar-refractivity contribution in [2.24, 2.45) is 0 Å². The molecule has 0 aliphatic rings. The minimum atomic E-state index is -3.60. The van der Waals surface area contributed by atoms with Gasteiger partial charge in [0.2, 0.25) is 9.05 Å². The maximum Gasteiger partial charge on any atom is 0.238 e. The van der Waals surface area contributed by atoms with Gasteiger partial charge in [-0.15, -0.1) is 0 Å². The monoisotopic (exact) mass is 277 g/mol. The van der Waals surface area contributed by atoms with Crippen LogP contribution in [0.5, 0.6) is 0 Å². The van der Waals surface area contributed by atoms with E-state index in [1.807, 2.05) is 16.8 Å². The second kappa shape index (κ2) is 4.20. The van der Waals surface area contributed by atoms with Gasteiger partial charge in [0.05, 0.1) is 0 Å². The van der Waals surface area contributed by atoms with Gasteiger partial charge >= 0.3 is 0 Å². The fourth-order valence-electron chi connectivity index (χ4n) is 1.33. The van der Waals surface area contributed by atoms with E-state index in [2.05, 4.69) is 5.16 Å². The van der Waals surface area contributed by atoms with E-state index in [0.29, 0.717) is 17.0 Å². The Morgan fingerprint density at radius 2 is 2.31 bits per heavy atom. The number of halogens is 1. The quantitative estimate of drug-likeness (QED) is 0.810. The summed E-state index contributed by atoms with van der Waals surface area (Å²) < 4.78 is 27.0. The van der Waals surface area contributed by atoms with Crippen molar-refractivity contribution in [3.8, 4) is 11.3 Å². The van der Waals surface area contributed by atoms with E-state index < -0.39 is 9.05 Å². The minimum absolute atomic E-state index is 0.311. The van der Waals surface area contributed by atoms with Crippen molar-refractivity contribution >= 4 is 31.1 Å². The van der Waals surface area contributed by atoms with Gasteiger partial charge in [-0.2, -0.15) is 11.3 Å². The lowest BCUT2D eigenvalue weighted by Crippen LogP contribution is -1.96. The molecule has 0 aliphatic heterocycles. The molecule has 0 fully saturated rings. The van der Waals surface area contributed by atoms with E-state index >= 15 is 0 Å². The standard InChI is InChI=1S/C9H8ClNO3S2/c1-6-8(5-16(10,12)13)11-14-9(6)7-2-3-15-4-7/h2-4H,5H2,1H3. The SMILES string of the molecule is Cc1c(CS(=O)(=O)Cl)noc1-c1ccsc1. The Morgan fingerprint density at radius 1 is 1.56 bits per heavy atom. The summed E-state index contributed by atoms with van der Waals surface area (Å²) in [5, 5.41) is 7.54. The molecule has 2 heterocycles. The summed E-state index contributed by atoms with van der Waals surface area (Å²) in [6.45, 7) is 1.76. The van der Waals surface area contributed by atoms with E-state index in [4.69, 9.17) is 15.2 Å². The van der Waals surface area contributed by atoms with Crippen LogP contribution in [0.15, 0.2) is 21.3 Å². The fourth-order valence-corrected chi connectivity index (χ4v) is 2.87. The van der Waals surface area contributed by atoms with E-state index in [-0.39, 0.29) is 5.75 Å². The largest absolute Gasteiger partial charge is 0.356 e. The van der Waals surface area contributed by atoms with E-state index in [1.165, 1.54) is 11.3 Å². The highest BCUT2D eigenvalue weighted by molar-refractivity contribution is 8.13.